The fourth-order valence-corrected chi connectivity index (χ4v) is 7.40. The van der Waals surface area contributed by atoms with Gasteiger partial charge in [0.15, 0.2) is 17.6 Å². The van der Waals surface area contributed by atoms with E-state index >= 15 is 0 Å². The number of amides is 2. The molecule has 0 aliphatic heterocycles. The third-order valence-corrected chi connectivity index (χ3v) is 11.6. The summed E-state index contributed by atoms with van der Waals surface area (Å²) in [6.07, 6.45) is 20.6. The number of sulfonamides is 1. The molecule has 3 aromatic carbocycles. The number of nitrogens with one attached hydrogen (secondary N) is 2. The molecule has 0 aliphatic carbocycles. The van der Waals surface area contributed by atoms with E-state index in [9.17, 15) is 22.8 Å². The molecule has 4 rings (SSSR count). The highest BCUT2D eigenvalue weighted by molar-refractivity contribution is 7.89. The maximum Gasteiger partial charge on any atom is 0.291 e. The van der Waals surface area contributed by atoms with Crippen LogP contribution in [0.2, 0.25) is 0 Å². The van der Waals surface area contributed by atoms with Crippen molar-refractivity contribution in [2.75, 3.05) is 38.4 Å². The molecule has 13 heteroatoms. The third kappa shape index (κ3) is 13.6. The zero-order valence-electron chi connectivity index (χ0n) is 33.9. The van der Waals surface area contributed by atoms with E-state index < -0.39 is 33.7 Å². The van der Waals surface area contributed by atoms with Gasteiger partial charge in [-0.15, -0.1) is 0 Å². The maximum atomic E-state index is 14.2. The van der Waals surface area contributed by atoms with Crippen molar-refractivity contribution in [3.63, 3.8) is 0 Å². The largest absolute Gasteiger partial charge is 0.495 e. The molecule has 4 aromatic rings. The quantitative estimate of drug-likeness (QED) is 0.0363. The summed E-state index contributed by atoms with van der Waals surface area (Å²) in [6, 6.07) is 17.7. The van der Waals surface area contributed by atoms with Gasteiger partial charge in [0.25, 0.3) is 11.8 Å². The number of carbonyl (C=O) groups is 3. The number of hydrogen-bond acceptors (Lipinski definition) is 8. The Labute approximate surface area is 338 Å². The van der Waals surface area contributed by atoms with Gasteiger partial charge >= 0.3 is 0 Å². The second kappa shape index (κ2) is 23.3. The summed E-state index contributed by atoms with van der Waals surface area (Å²) in [5, 5.41) is 5.46. The number of aromatic nitrogens is 2. The molecule has 0 saturated heterocycles. The lowest BCUT2D eigenvalue weighted by Gasteiger charge is -2.21. The van der Waals surface area contributed by atoms with Gasteiger partial charge in [0.05, 0.1) is 24.3 Å². The zero-order valence-corrected chi connectivity index (χ0v) is 34.7. The predicted molar refractivity (Wildman–Crippen MR) is 225 cm³/mol. The van der Waals surface area contributed by atoms with E-state index in [1.807, 2.05) is 6.07 Å². The lowest BCUT2D eigenvalue weighted by molar-refractivity contribution is -0.118. The molecule has 12 nitrogen and oxygen atoms in total. The van der Waals surface area contributed by atoms with E-state index in [1.165, 1.54) is 133 Å². The molecular weight excluding hydrogens is 743 g/mol. The van der Waals surface area contributed by atoms with Crippen LogP contribution in [-0.2, 0) is 14.8 Å². The molecule has 0 spiro atoms. The first kappa shape index (κ1) is 44.7. The molecular formula is C44H59N5O7S. The van der Waals surface area contributed by atoms with Gasteiger partial charge in [-0.3, -0.25) is 14.4 Å². The van der Waals surface area contributed by atoms with E-state index in [-0.39, 0.29) is 27.7 Å². The Morgan fingerprint density at radius 1 is 0.772 bits per heavy atom. The Bertz CT molecular complexity index is 1960. The predicted octanol–water partition coefficient (Wildman–Crippen LogP) is 9.32. The number of imidazole rings is 1. The Kier molecular flexibility index (Phi) is 18.3. The van der Waals surface area contributed by atoms with Gasteiger partial charge in [0.1, 0.15) is 11.5 Å². The molecule has 1 aromatic heterocycles. The molecule has 0 aliphatic rings. The number of carbonyl (C=O) groups excluding carboxylic acids is 3. The van der Waals surface area contributed by atoms with Crippen LogP contribution < -0.4 is 20.1 Å². The first-order chi connectivity index (χ1) is 27.6. The van der Waals surface area contributed by atoms with Crippen LogP contribution in [0.25, 0.3) is 0 Å². The number of ketones is 1. The molecule has 0 saturated carbocycles. The number of nitrogens with zero attached hydrogens (tertiary/aromatic N) is 3. The van der Waals surface area contributed by atoms with Crippen molar-refractivity contribution in [2.24, 2.45) is 0 Å². The van der Waals surface area contributed by atoms with Crippen LogP contribution in [0.4, 0.5) is 11.4 Å². The van der Waals surface area contributed by atoms with Gasteiger partial charge in [-0.05, 0) is 55.0 Å². The van der Waals surface area contributed by atoms with E-state index in [4.69, 9.17) is 9.47 Å². The minimum Gasteiger partial charge on any atom is -0.495 e. The molecule has 1 unspecified atom stereocenters. The molecule has 0 radical (unpaired) electrons. The van der Waals surface area contributed by atoms with Gasteiger partial charge in [0.2, 0.25) is 10.0 Å². The second-order valence-corrected chi connectivity index (χ2v) is 16.5. The van der Waals surface area contributed by atoms with Crippen molar-refractivity contribution in [1.82, 2.24) is 13.9 Å². The van der Waals surface area contributed by atoms with Crippen LogP contribution in [0.5, 0.6) is 11.5 Å². The summed E-state index contributed by atoms with van der Waals surface area (Å²) in [6.45, 7) is 2.81. The van der Waals surface area contributed by atoms with Crippen LogP contribution >= 0.6 is 0 Å². The number of para-hydroxylation sites is 1. The van der Waals surface area contributed by atoms with Crippen molar-refractivity contribution in [2.45, 2.75) is 108 Å². The Morgan fingerprint density at radius 3 is 1.95 bits per heavy atom. The molecule has 2 N–H and O–H groups in total. The number of ether oxygens (including phenoxy) is 2. The van der Waals surface area contributed by atoms with Crippen molar-refractivity contribution in [1.29, 1.82) is 0 Å². The van der Waals surface area contributed by atoms with Crippen LogP contribution in [0.15, 0.2) is 90.1 Å². The minimum absolute atomic E-state index is 0.0453. The summed E-state index contributed by atoms with van der Waals surface area (Å²) in [7, 11) is 0.351. The summed E-state index contributed by atoms with van der Waals surface area (Å²) in [5.74, 6) is -1.54. The lowest BCUT2D eigenvalue weighted by Crippen LogP contribution is -2.35. The van der Waals surface area contributed by atoms with Crippen LogP contribution in [0.3, 0.4) is 0 Å². The number of unbranched alkanes of at least 4 members (excludes halogenated alkanes) is 13. The molecule has 57 heavy (non-hydrogen) atoms. The first-order valence-electron chi connectivity index (χ1n) is 20.1. The van der Waals surface area contributed by atoms with Crippen LogP contribution in [0.1, 0.15) is 124 Å². The smallest absolute Gasteiger partial charge is 0.291 e. The molecule has 1 heterocycles. The van der Waals surface area contributed by atoms with Crippen molar-refractivity contribution in [3.05, 3.63) is 96.6 Å². The highest BCUT2D eigenvalue weighted by Crippen LogP contribution is 2.30. The topological polar surface area (TPSA) is 149 Å². The maximum absolute atomic E-state index is 14.2. The van der Waals surface area contributed by atoms with Crippen molar-refractivity contribution in [3.8, 4) is 11.5 Å². The molecule has 0 bridgehead atoms. The monoisotopic (exact) mass is 801 g/mol. The van der Waals surface area contributed by atoms with Gasteiger partial charge < -0.3 is 24.7 Å². The molecule has 308 valence electrons. The highest BCUT2D eigenvalue weighted by atomic mass is 32.2. The molecule has 2 amide bonds. The molecule has 0 fully saturated rings. The zero-order chi connectivity index (χ0) is 41.0. The van der Waals surface area contributed by atoms with Gasteiger partial charge in [0, 0.05) is 43.8 Å². The van der Waals surface area contributed by atoms with E-state index in [2.05, 4.69) is 22.5 Å². The molecule has 1 atom stereocenters. The number of Topliss-reactive ketones (excluding diaryl/α,β-unsaturated/α-hetero) is 1. The first-order valence-corrected chi connectivity index (χ1v) is 21.6. The summed E-state index contributed by atoms with van der Waals surface area (Å²) in [5.41, 5.74) is 0.841. The standard InChI is InChI=1S/C44H59N5O7S/c1-5-6-7-8-9-10-11-12-13-14-15-16-17-21-32-56-36-26-24-34(25-27-36)41(50)40(49-31-30-45-42(49)44(52)46-35-22-19-18-20-23-35)43(51)47-38-29-28-37(33-39(38)55-4)57(53,54)48(2)3/h18-20,22-31,33,40H,5-17,21,32H2,1-4H3,(H,46,52)(H,47,51). The number of benzene rings is 3. The normalized spacial score (nSPS) is 11.9. The van der Waals surface area contributed by atoms with Crippen molar-refractivity contribution < 1.29 is 32.3 Å². The number of methoxy groups -OCH3 is 1. The Balaban J connectivity index is 1.39. The summed E-state index contributed by atoms with van der Waals surface area (Å²) < 4.78 is 39.2. The fraction of sp³-hybridized carbons (Fsp3) is 0.455. The minimum atomic E-state index is -3.80. The average molecular weight is 802 g/mol. The van der Waals surface area contributed by atoms with Gasteiger partial charge in [-0.2, -0.15) is 0 Å². The SMILES string of the molecule is CCCCCCCCCCCCCCCCOc1ccc(C(=O)C(C(=O)Nc2ccc(S(=O)(=O)N(C)C)cc2OC)n2ccnc2C(=O)Nc2ccccc2)cc1. The lowest BCUT2D eigenvalue weighted by atomic mass is 10.0. The number of hydrogen-bond donors (Lipinski definition) is 2. The van der Waals surface area contributed by atoms with Crippen LogP contribution in [-0.4, -0.2) is 67.7 Å². The average Bonchev–Trinajstić information content (AvgIpc) is 3.69. The van der Waals surface area contributed by atoms with Gasteiger partial charge in [-0.1, -0.05) is 109 Å². The van der Waals surface area contributed by atoms with Crippen molar-refractivity contribution >= 4 is 39.0 Å². The Hall–Kier alpha value is -5.01. The Morgan fingerprint density at radius 2 is 1.37 bits per heavy atom. The van der Waals surface area contributed by atoms with Gasteiger partial charge in [-0.25, -0.2) is 17.7 Å². The number of anilines is 2. The summed E-state index contributed by atoms with van der Waals surface area (Å²) in [4.78, 5) is 45.9. The van der Waals surface area contributed by atoms with E-state index in [1.54, 1.807) is 48.5 Å². The van der Waals surface area contributed by atoms with E-state index in [0.717, 1.165) is 17.1 Å². The third-order valence-electron chi connectivity index (χ3n) is 9.79. The summed E-state index contributed by atoms with van der Waals surface area (Å²) >= 11 is 0. The van der Waals surface area contributed by atoms with Crippen LogP contribution in [0, 0.1) is 0 Å². The second-order valence-electron chi connectivity index (χ2n) is 14.4. The number of rotatable bonds is 26. The fourth-order valence-electron chi connectivity index (χ4n) is 6.48. The van der Waals surface area contributed by atoms with E-state index in [0.29, 0.717) is 18.0 Å². The highest BCUT2D eigenvalue weighted by Gasteiger charge is 2.33.